The van der Waals surface area contributed by atoms with Crippen LogP contribution in [0, 0.1) is 0 Å². The van der Waals surface area contributed by atoms with Crippen molar-refractivity contribution >= 4 is 27.3 Å². The first kappa shape index (κ1) is 20.8. The fraction of sp³-hybridized carbons (Fsp3) is 0.737. The summed E-state index contributed by atoms with van der Waals surface area (Å²) >= 11 is 1.23. The zero-order chi connectivity index (χ0) is 19.1. The normalized spacial score (nSPS) is 21.5. The lowest BCUT2D eigenvalue weighted by atomic mass is 9.97. The number of likely N-dealkylation sites (tertiary alicyclic amines) is 1. The average Bonchev–Trinajstić information content (AvgIpc) is 3.14. The highest BCUT2D eigenvalue weighted by molar-refractivity contribution is 7.91. The monoisotopic (exact) mass is 413 g/mol. The Hall–Kier alpha value is -0.960. The third-order valence-corrected chi connectivity index (χ3v) is 8.42. The molecule has 8 heteroatoms. The minimum atomic E-state index is -3.41. The number of sulfonamides is 1. The molecule has 3 rings (SSSR count). The predicted molar refractivity (Wildman–Crippen MR) is 108 cm³/mol. The van der Waals surface area contributed by atoms with Crippen LogP contribution in [0.5, 0.6) is 0 Å². The number of hydrogen-bond donors (Lipinski definition) is 2. The molecule has 27 heavy (non-hydrogen) atoms. The molecule has 1 amide bonds. The largest absolute Gasteiger partial charge is 0.352 e. The van der Waals surface area contributed by atoms with Crippen molar-refractivity contribution in [1.29, 1.82) is 0 Å². The topological polar surface area (TPSA) is 78.5 Å². The predicted octanol–water partition coefficient (Wildman–Crippen LogP) is 2.72. The van der Waals surface area contributed by atoms with Crippen molar-refractivity contribution < 1.29 is 13.2 Å². The van der Waals surface area contributed by atoms with Crippen LogP contribution >= 0.6 is 11.3 Å². The van der Waals surface area contributed by atoms with Crippen LogP contribution in [0.25, 0.3) is 0 Å². The summed E-state index contributed by atoms with van der Waals surface area (Å²) in [6.45, 7) is 1.91. The summed E-state index contributed by atoms with van der Waals surface area (Å²) in [4.78, 5) is 14.5. The smallest absolute Gasteiger partial charge is 0.250 e. The van der Waals surface area contributed by atoms with Crippen molar-refractivity contribution in [3.05, 3.63) is 17.5 Å². The summed E-state index contributed by atoms with van der Waals surface area (Å²) in [5.41, 5.74) is 0. The number of nitrogens with one attached hydrogen (secondary N) is 2. The van der Waals surface area contributed by atoms with Gasteiger partial charge in [-0.2, -0.15) is 0 Å². The molecule has 0 radical (unpaired) electrons. The van der Waals surface area contributed by atoms with E-state index in [-0.39, 0.29) is 11.9 Å². The van der Waals surface area contributed by atoms with Gasteiger partial charge in [-0.3, -0.25) is 9.69 Å². The standard InChI is InChI=1S/C19H31N3O3S2/c23-18(20-16-7-4-2-1-3-5-8-16)15-22-12-10-17(11-13-22)21-27(24,25)19-9-6-14-26-19/h6,9,14,16-17,21H,1-5,7-8,10-13,15H2,(H,20,23). The second kappa shape index (κ2) is 10.0. The van der Waals surface area contributed by atoms with E-state index in [1.165, 1.54) is 43.4 Å². The molecule has 1 saturated carbocycles. The van der Waals surface area contributed by atoms with Gasteiger partial charge in [-0.25, -0.2) is 13.1 Å². The van der Waals surface area contributed by atoms with E-state index >= 15 is 0 Å². The molecule has 0 unspecified atom stereocenters. The van der Waals surface area contributed by atoms with Gasteiger partial charge >= 0.3 is 0 Å². The van der Waals surface area contributed by atoms with E-state index < -0.39 is 10.0 Å². The van der Waals surface area contributed by atoms with Gasteiger partial charge < -0.3 is 5.32 Å². The Bertz CT molecular complexity index is 675. The Labute approximate surface area is 166 Å². The lowest BCUT2D eigenvalue weighted by molar-refractivity contribution is -0.123. The highest BCUT2D eigenvalue weighted by Gasteiger charge is 2.26. The van der Waals surface area contributed by atoms with E-state index in [2.05, 4.69) is 14.9 Å². The van der Waals surface area contributed by atoms with Crippen LogP contribution in [0.3, 0.4) is 0 Å². The van der Waals surface area contributed by atoms with Crippen LogP contribution in [0.15, 0.2) is 21.7 Å². The van der Waals surface area contributed by atoms with E-state index in [4.69, 9.17) is 0 Å². The number of carbonyl (C=O) groups is 1. The first-order chi connectivity index (χ1) is 13.0. The van der Waals surface area contributed by atoms with Gasteiger partial charge in [0.25, 0.3) is 0 Å². The number of nitrogens with zero attached hydrogens (tertiary/aromatic N) is 1. The third-order valence-electron chi connectivity index (χ3n) is 5.51. The van der Waals surface area contributed by atoms with Gasteiger partial charge in [0.1, 0.15) is 4.21 Å². The molecule has 152 valence electrons. The van der Waals surface area contributed by atoms with Crippen molar-refractivity contribution in [2.75, 3.05) is 19.6 Å². The van der Waals surface area contributed by atoms with Crippen molar-refractivity contribution in [1.82, 2.24) is 14.9 Å². The SMILES string of the molecule is O=C(CN1CCC(NS(=O)(=O)c2cccs2)CC1)NC1CCCCCCC1. The molecule has 2 heterocycles. The molecule has 2 fully saturated rings. The molecule has 0 aromatic carbocycles. The molecule has 0 spiro atoms. The fourth-order valence-corrected chi connectivity index (χ4v) is 6.29. The van der Waals surface area contributed by atoms with Crippen LogP contribution < -0.4 is 10.0 Å². The Balaban J connectivity index is 1.39. The number of piperidine rings is 1. The maximum Gasteiger partial charge on any atom is 0.250 e. The summed E-state index contributed by atoms with van der Waals surface area (Å²) in [6.07, 6.45) is 9.97. The Morgan fingerprint density at radius 2 is 1.70 bits per heavy atom. The molecular formula is C19H31N3O3S2. The molecule has 1 saturated heterocycles. The van der Waals surface area contributed by atoms with E-state index in [0.29, 0.717) is 16.8 Å². The maximum atomic E-state index is 12.4. The van der Waals surface area contributed by atoms with Gasteiger partial charge in [0.15, 0.2) is 0 Å². The Morgan fingerprint density at radius 3 is 2.33 bits per heavy atom. The first-order valence-corrected chi connectivity index (χ1v) is 12.5. The molecule has 0 atom stereocenters. The van der Waals surface area contributed by atoms with Gasteiger partial charge in [-0.1, -0.05) is 38.2 Å². The lowest BCUT2D eigenvalue weighted by Crippen LogP contribution is -2.48. The second-order valence-corrected chi connectivity index (χ2v) is 10.6. The van der Waals surface area contributed by atoms with Crippen molar-refractivity contribution in [2.45, 2.75) is 74.1 Å². The second-order valence-electron chi connectivity index (χ2n) is 7.71. The number of hydrogen-bond acceptors (Lipinski definition) is 5. The van der Waals surface area contributed by atoms with Crippen LogP contribution in [0.4, 0.5) is 0 Å². The molecule has 0 bridgehead atoms. The van der Waals surface area contributed by atoms with Crippen molar-refractivity contribution in [2.24, 2.45) is 0 Å². The molecule has 1 aromatic rings. The third kappa shape index (κ3) is 6.55. The fourth-order valence-electron chi connectivity index (χ4n) is 3.98. The number of amides is 1. The molecule has 1 aromatic heterocycles. The van der Waals surface area contributed by atoms with Gasteiger partial charge in [-0.05, 0) is 37.1 Å². The lowest BCUT2D eigenvalue weighted by Gasteiger charge is -2.32. The van der Waals surface area contributed by atoms with Gasteiger partial charge in [0.05, 0.1) is 6.54 Å². The minimum absolute atomic E-state index is 0.0537. The van der Waals surface area contributed by atoms with E-state index in [0.717, 1.165) is 38.8 Å². The van der Waals surface area contributed by atoms with E-state index in [1.807, 2.05) is 0 Å². The van der Waals surface area contributed by atoms with Crippen LogP contribution in [-0.2, 0) is 14.8 Å². The summed E-state index contributed by atoms with van der Waals surface area (Å²) in [7, 11) is -3.41. The van der Waals surface area contributed by atoms with E-state index in [1.54, 1.807) is 17.5 Å². The van der Waals surface area contributed by atoms with Crippen LogP contribution in [-0.4, -0.2) is 50.9 Å². The van der Waals surface area contributed by atoms with Gasteiger partial charge in [0.2, 0.25) is 15.9 Å². The van der Waals surface area contributed by atoms with Crippen LogP contribution in [0.1, 0.15) is 57.8 Å². The highest BCUT2D eigenvalue weighted by Crippen LogP contribution is 2.19. The minimum Gasteiger partial charge on any atom is -0.352 e. The Morgan fingerprint density at radius 1 is 1.04 bits per heavy atom. The average molecular weight is 414 g/mol. The molecule has 1 aliphatic heterocycles. The number of thiophene rings is 1. The zero-order valence-electron chi connectivity index (χ0n) is 15.9. The van der Waals surface area contributed by atoms with Crippen LogP contribution in [0.2, 0.25) is 0 Å². The zero-order valence-corrected chi connectivity index (χ0v) is 17.5. The molecule has 1 aliphatic carbocycles. The summed E-state index contributed by atoms with van der Waals surface area (Å²) in [5.74, 6) is 0.109. The number of rotatable bonds is 6. The quantitative estimate of drug-likeness (QED) is 0.752. The molecular weight excluding hydrogens is 382 g/mol. The van der Waals surface area contributed by atoms with E-state index in [9.17, 15) is 13.2 Å². The maximum absolute atomic E-state index is 12.4. The summed E-state index contributed by atoms with van der Waals surface area (Å²) in [6, 6.07) is 3.65. The van der Waals surface area contributed by atoms with Gasteiger partial charge in [-0.15, -0.1) is 11.3 Å². The molecule has 2 N–H and O–H groups in total. The molecule has 6 nitrogen and oxygen atoms in total. The summed E-state index contributed by atoms with van der Waals surface area (Å²) in [5, 5.41) is 4.98. The van der Waals surface area contributed by atoms with Crippen molar-refractivity contribution in [3.8, 4) is 0 Å². The summed E-state index contributed by atoms with van der Waals surface area (Å²) < 4.78 is 27.8. The highest BCUT2D eigenvalue weighted by atomic mass is 32.2. The number of carbonyl (C=O) groups excluding carboxylic acids is 1. The van der Waals surface area contributed by atoms with Crippen molar-refractivity contribution in [3.63, 3.8) is 0 Å². The van der Waals surface area contributed by atoms with Gasteiger partial charge in [0, 0.05) is 25.2 Å². The molecule has 2 aliphatic rings. The Kier molecular flexibility index (Phi) is 7.69. The first-order valence-electron chi connectivity index (χ1n) is 10.1.